The maximum absolute atomic E-state index is 12.8. The lowest BCUT2D eigenvalue weighted by atomic mass is 9.72. The zero-order valence-corrected chi connectivity index (χ0v) is 11.2. The summed E-state index contributed by atoms with van der Waals surface area (Å²) >= 11 is 0. The minimum Gasteiger partial charge on any atom is -0.424 e. The average molecular weight is 281 g/mol. The van der Waals surface area contributed by atoms with Crippen LogP contribution in [0, 0.1) is 0 Å². The molecule has 2 aromatic rings. The van der Waals surface area contributed by atoms with Gasteiger partial charge in [-0.2, -0.15) is 0 Å². The van der Waals surface area contributed by atoms with Gasteiger partial charge >= 0.3 is 5.97 Å². The van der Waals surface area contributed by atoms with Gasteiger partial charge in [0, 0.05) is 6.20 Å². The molecule has 1 unspecified atom stereocenters. The summed E-state index contributed by atoms with van der Waals surface area (Å²) in [6.45, 7) is 1.20. The number of para-hydroxylation sites is 1. The van der Waals surface area contributed by atoms with Crippen molar-refractivity contribution in [1.82, 2.24) is 4.98 Å². The molecule has 0 bridgehead atoms. The third kappa shape index (κ3) is 1.71. The summed E-state index contributed by atoms with van der Waals surface area (Å²) in [5.74, 6) is -1.94. The van der Waals surface area contributed by atoms with Gasteiger partial charge < -0.3 is 4.74 Å². The summed E-state index contributed by atoms with van der Waals surface area (Å²) in [5.41, 5.74) is -1.73. The molecule has 1 aliphatic rings. The lowest BCUT2D eigenvalue weighted by Gasteiger charge is -2.31. The Bertz CT molecular complexity index is 754. The van der Waals surface area contributed by atoms with Crippen molar-refractivity contribution in [2.24, 2.45) is 0 Å². The monoisotopic (exact) mass is 281 g/mol. The van der Waals surface area contributed by atoms with Crippen molar-refractivity contribution in [2.75, 3.05) is 0 Å². The van der Waals surface area contributed by atoms with E-state index in [1.54, 1.807) is 24.3 Å². The van der Waals surface area contributed by atoms with Crippen LogP contribution < -0.4 is 4.74 Å². The second-order valence-corrected chi connectivity index (χ2v) is 4.74. The Morgan fingerprint density at radius 1 is 1.10 bits per heavy atom. The molecule has 1 atom stereocenters. The topological polar surface area (TPSA) is 73.3 Å². The first kappa shape index (κ1) is 13.2. The smallest absolute Gasteiger partial charge is 0.339 e. The van der Waals surface area contributed by atoms with E-state index >= 15 is 0 Å². The Morgan fingerprint density at radius 2 is 1.81 bits per heavy atom. The van der Waals surface area contributed by atoms with Crippen LogP contribution in [0.25, 0.3) is 0 Å². The van der Waals surface area contributed by atoms with E-state index < -0.39 is 23.0 Å². The molecule has 104 valence electrons. The first-order valence-corrected chi connectivity index (χ1v) is 6.37. The summed E-state index contributed by atoms with van der Waals surface area (Å²) in [7, 11) is 0. The largest absolute Gasteiger partial charge is 0.424 e. The predicted octanol–water partition coefficient (Wildman–Crippen LogP) is 1.71. The Hall–Kier alpha value is -2.82. The van der Waals surface area contributed by atoms with Gasteiger partial charge in [-0.05, 0) is 31.2 Å². The highest BCUT2D eigenvalue weighted by Gasteiger charge is 2.58. The predicted molar refractivity (Wildman–Crippen MR) is 73.0 cm³/mol. The SMILES string of the molecule is CC(=O)C1(c2ccccn2)C(=O)Oc2ccccc2C1=O. The quantitative estimate of drug-likeness (QED) is 0.476. The number of hydrogen-bond acceptors (Lipinski definition) is 5. The molecule has 5 heteroatoms. The Morgan fingerprint density at radius 3 is 2.48 bits per heavy atom. The number of benzene rings is 1. The van der Waals surface area contributed by atoms with Crippen molar-refractivity contribution < 1.29 is 19.1 Å². The maximum atomic E-state index is 12.8. The van der Waals surface area contributed by atoms with E-state index in [1.807, 2.05) is 0 Å². The number of nitrogens with zero attached hydrogens (tertiary/aromatic N) is 1. The van der Waals surface area contributed by atoms with Crippen molar-refractivity contribution in [3.63, 3.8) is 0 Å². The second kappa shape index (κ2) is 4.63. The summed E-state index contributed by atoms with van der Waals surface area (Å²) in [5, 5.41) is 0. The number of pyridine rings is 1. The van der Waals surface area contributed by atoms with Crippen LogP contribution in [0.2, 0.25) is 0 Å². The van der Waals surface area contributed by atoms with Crippen LogP contribution in [-0.4, -0.2) is 22.5 Å². The third-order valence-corrected chi connectivity index (χ3v) is 3.56. The van der Waals surface area contributed by atoms with Crippen molar-refractivity contribution in [3.8, 4) is 5.75 Å². The number of aromatic nitrogens is 1. The van der Waals surface area contributed by atoms with E-state index in [0.29, 0.717) is 0 Å². The molecule has 0 spiro atoms. The van der Waals surface area contributed by atoms with Crippen LogP contribution in [0.15, 0.2) is 48.7 Å². The molecule has 0 fully saturated rings. The number of carbonyl (C=O) groups is 3. The Labute approximate surface area is 120 Å². The molecule has 0 aliphatic carbocycles. The van der Waals surface area contributed by atoms with Crippen LogP contribution in [0.3, 0.4) is 0 Å². The number of hydrogen-bond donors (Lipinski definition) is 0. The molecule has 5 nitrogen and oxygen atoms in total. The molecule has 0 amide bonds. The minimum atomic E-state index is -2.02. The highest BCUT2D eigenvalue weighted by Crippen LogP contribution is 2.38. The number of ether oxygens (including phenoxy) is 1. The van der Waals surface area contributed by atoms with Gasteiger partial charge in [-0.1, -0.05) is 18.2 Å². The molecular weight excluding hydrogens is 270 g/mol. The van der Waals surface area contributed by atoms with Gasteiger partial charge in [-0.3, -0.25) is 14.6 Å². The number of fused-ring (bicyclic) bond motifs is 1. The third-order valence-electron chi connectivity index (χ3n) is 3.56. The van der Waals surface area contributed by atoms with Gasteiger partial charge in [-0.25, -0.2) is 4.79 Å². The molecule has 0 saturated carbocycles. The van der Waals surface area contributed by atoms with Crippen LogP contribution in [-0.2, 0) is 15.0 Å². The lowest BCUT2D eigenvalue weighted by Crippen LogP contribution is -2.54. The lowest BCUT2D eigenvalue weighted by molar-refractivity contribution is -0.144. The fraction of sp³-hybridized carbons (Fsp3) is 0.125. The van der Waals surface area contributed by atoms with Gasteiger partial charge in [0.15, 0.2) is 11.6 Å². The first-order chi connectivity index (χ1) is 10.1. The summed E-state index contributed by atoms with van der Waals surface area (Å²) in [4.78, 5) is 41.5. The normalized spacial score (nSPS) is 20.6. The molecule has 0 radical (unpaired) electrons. The first-order valence-electron chi connectivity index (χ1n) is 6.37. The minimum absolute atomic E-state index is 0.0852. The highest BCUT2D eigenvalue weighted by molar-refractivity contribution is 6.34. The summed E-state index contributed by atoms with van der Waals surface area (Å²) in [6, 6.07) is 11.1. The van der Waals surface area contributed by atoms with Gasteiger partial charge in [0.1, 0.15) is 5.75 Å². The van der Waals surface area contributed by atoms with E-state index in [0.717, 1.165) is 0 Å². The molecule has 2 heterocycles. The van der Waals surface area contributed by atoms with Crippen LogP contribution >= 0.6 is 0 Å². The zero-order chi connectivity index (χ0) is 15.0. The standard InChI is InChI=1S/C16H11NO4/c1-10(18)16(13-8-4-5-9-17-13)14(19)11-6-2-3-7-12(11)21-15(16)20/h2-9H,1H3. The number of carbonyl (C=O) groups excluding carboxylic acids is 3. The van der Waals surface area contributed by atoms with E-state index in [9.17, 15) is 14.4 Å². The van der Waals surface area contributed by atoms with Crippen molar-refractivity contribution in [2.45, 2.75) is 12.3 Å². The van der Waals surface area contributed by atoms with Crippen molar-refractivity contribution in [1.29, 1.82) is 0 Å². The van der Waals surface area contributed by atoms with Gasteiger partial charge in [0.05, 0.1) is 11.3 Å². The Kier molecular flexibility index (Phi) is 2.90. The van der Waals surface area contributed by atoms with Crippen molar-refractivity contribution >= 4 is 17.5 Å². The summed E-state index contributed by atoms with van der Waals surface area (Å²) < 4.78 is 5.21. The van der Waals surface area contributed by atoms with E-state index in [1.165, 1.54) is 31.3 Å². The Balaban J connectivity index is 2.30. The highest BCUT2D eigenvalue weighted by atomic mass is 16.5. The van der Waals surface area contributed by atoms with Crippen LogP contribution in [0.4, 0.5) is 0 Å². The number of ketones is 2. The molecule has 1 aromatic heterocycles. The molecule has 3 rings (SSSR count). The average Bonchev–Trinajstić information content (AvgIpc) is 2.48. The van der Waals surface area contributed by atoms with E-state index in [-0.39, 0.29) is 17.0 Å². The molecule has 21 heavy (non-hydrogen) atoms. The van der Waals surface area contributed by atoms with E-state index in [4.69, 9.17) is 4.74 Å². The number of Topliss-reactive ketones (excluding diaryl/α,β-unsaturated/α-hetero) is 2. The second-order valence-electron chi connectivity index (χ2n) is 4.74. The molecule has 1 aromatic carbocycles. The van der Waals surface area contributed by atoms with E-state index in [2.05, 4.69) is 4.98 Å². The van der Waals surface area contributed by atoms with Crippen LogP contribution in [0.5, 0.6) is 5.75 Å². The maximum Gasteiger partial charge on any atom is 0.339 e. The zero-order valence-electron chi connectivity index (χ0n) is 11.2. The fourth-order valence-corrected chi connectivity index (χ4v) is 2.50. The fourth-order valence-electron chi connectivity index (χ4n) is 2.50. The van der Waals surface area contributed by atoms with Gasteiger partial charge in [-0.15, -0.1) is 0 Å². The van der Waals surface area contributed by atoms with Gasteiger partial charge in [0.25, 0.3) is 0 Å². The van der Waals surface area contributed by atoms with Crippen LogP contribution in [0.1, 0.15) is 23.0 Å². The molecule has 0 N–H and O–H groups in total. The summed E-state index contributed by atoms with van der Waals surface area (Å²) in [6.07, 6.45) is 1.43. The molecular formula is C16H11NO4. The number of rotatable bonds is 2. The number of esters is 1. The molecule has 0 saturated heterocycles. The van der Waals surface area contributed by atoms with Gasteiger partial charge in [0.2, 0.25) is 5.41 Å². The molecule has 1 aliphatic heterocycles. The van der Waals surface area contributed by atoms with Crippen molar-refractivity contribution in [3.05, 3.63) is 59.9 Å².